The standard InChI is InChI=1S/C43H67NO13/c1-22-13-29(51-25(4)24(22)3)7-9-34-23(2)14-31(53-34)11-12-43-19-33(48)41(57-43)37-18-38(56-43)42-35(55-37)10-8-30(54-42)15-27(46)16-32-26(5)52-36(40(32)50-6)17-28(47)20-44-39(49)21-45/h22,25-26,28-38,40-42,45,47-48H,2-3,7-21H2,1,4-6H3,(H,44,49)/t22-,25+,26-,28-,29-,30+,31-,32-,33?,34-,35-,36+,37-,38+,40-,41-,42+,43?/m0/s1. The molecule has 2 unspecified atom stereocenters. The van der Waals surface area contributed by atoms with E-state index in [4.69, 9.17) is 43.0 Å². The highest BCUT2D eigenvalue weighted by Crippen LogP contribution is 2.49. The van der Waals surface area contributed by atoms with Crippen LogP contribution in [0.2, 0.25) is 0 Å². The van der Waals surface area contributed by atoms with Crippen molar-refractivity contribution in [2.24, 2.45) is 11.8 Å². The van der Waals surface area contributed by atoms with E-state index in [0.717, 1.165) is 31.3 Å². The van der Waals surface area contributed by atoms with Gasteiger partial charge in [0.25, 0.3) is 0 Å². The lowest BCUT2D eigenvalue weighted by molar-refractivity contribution is -0.277. The second-order valence-electron chi connectivity index (χ2n) is 18.0. The zero-order valence-electron chi connectivity index (χ0n) is 34.3. The van der Waals surface area contributed by atoms with Gasteiger partial charge in [-0.25, -0.2) is 0 Å². The van der Waals surface area contributed by atoms with Crippen molar-refractivity contribution in [3.8, 4) is 0 Å². The smallest absolute Gasteiger partial charge is 0.245 e. The molecule has 14 heteroatoms. The molecule has 322 valence electrons. The van der Waals surface area contributed by atoms with Crippen LogP contribution in [0.1, 0.15) is 104 Å². The van der Waals surface area contributed by atoms with Gasteiger partial charge in [-0.2, -0.15) is 0 Å². The van der Waals surface area contributed by atoms with Crippen LogP contribution in [0.3, 0.4) is 0 Å². The van der Waals surface area contributed by atoms with Gasteiger partial charge in [-0.1, -0.05) is 20.1 Å². The highest BCUT2D eigenvalue weighted by atomic mass is 16.7. The normalized spacial score (nSPS) is 44.8. The van der Waals surface area contributed by atoms with Gasteiger partial charge in [-0.15, -0.1) is 0 Å². The number of hydrogen-bond donors (Lipinski definition) is 4. The second kappa shape index (κ2) is 18.4. The van der Waals surface area contributed by atoms with Gasteiger partial charge in [0.1, 0.15) is 24.6 Å². The number of carbonyl (C=O) groups is 2. The Morgan fingerprint density at radius 2 is 1.72 bits per heavy atom. The minimum atomic E-state index is -0.983. The van der Waals surface area contributed by atoms with Crippen LogP contribution in [-0.2, 0) is 47.5 Å². The van der Waals surface area contributed by atoms with Crippen LogP contribution in [-0.4, -0.2) is 145 Å². The van der Waals surface area contributed by atoms with Crippen molar-refractivity contribution in [2.75, 3.05) is 20.3 Å². The first-order valence-electron chi connectivity index (χ1n) is 21.5. The summed E-state index contributed by atoms with van der Waals surface area (Å²) >= 11 is 0. The summed E-state index contributed by atoms with van der Waals surface area (Å²) in [6, 6.07) is 0. The van der Waals surface area contributed by atoms with E-state index < -0.39 is 48.8 Å². The molecule has 7 fully saturated rings. The molecule has 4 bridgehead atoms. The number of Topliss-reactive ketones (excluding diaryl/α,β-unsaturated/α-hetero) is 1. The monoisotopic (exact) mass is 805 g/mol. The molecule has 1 amide bonds. The second-order valence-corrected chi connectivity index (χ2v) is 18.0. The Balaban J connectivity index is 0.906. The number of hydrogen-bond acceptors (Lipinski definition) is 13. The van der Waals surface area contributed by atoms with Gasteiger partial charge < -0.3 is 58.5 Å². The van der Waals surface area contributed by atoms with Crippen LogP contribution in [0, 0.1) is 11.8 Å². The number of nitrogens with one attached hydrogen (secondary N) is 1. The van der Waals surface area contributed by atoms with Crippen molar-refractivity contribution in [3.05, 3.63) is 24.3 Å². The number of amides is 1. The third kappa shape index (κ3) is 9.88. The van der Waals surface area contributed by atoms with E-state index in [0.29, 0.717) is 44.4 Å². The van der Waals surface area contributed by atoms with Crippen LogP contribution in [0.15, 0.2) is 24.3 Å². The molecular formula is C43H67NO13. The van der Waals surface area contributed by atoms with E-state index in [1.165, 1.54) is 5.57 Å². The van der Waals surface area contributed by atoms with Gasteiger partial charge in [0, 0.05) is 58.1 Å². The molecular weight excluding hydrogens is 738 g/mol. The lowest BCUT2D eigenvalue weighted by Gasteiger charge is -2.47. The van der Waals surface area contributed by atoms with Gasteiger partial charge in [0.2, 0.25) is 5.91 Å². The predicted molar refractivity (Wildman–Crippen MR) is 206 cm³/mol. The Hall–Kier alpha value is -1.82. The summed E-state index contributed by atoms with van der Waals surface area (Å²) in [5, 5.41) is 33.1. The van der Waals surface area contributed by atoms with Crippen molar-refractivity contribution in [1.29, 1.82) is 0 Å². The highest BCUT2D eigenvalue weighted by Gasteiger charge is 2.59. The Bertz CT molecular complexity index is 1430. The predicted octanol–water partition coefficient (Wildman–Crippen LogP) is 3.21. The third-order valence-corrected chi connectivity index (χ3v) is 13.9. The van der Waals surface area contributed by atoms with Crippen LogP contribution in [0.25, 0.3) is 0 Å². The molecule has 0 radical (unpaired) electrons. The fraction of sp³-hybridized carbons (Fsp3) is 0.860. The number of aliphatic hydroxyl groups excluding tert-OH is 3. The maximum absolute atomic E-state index is 13.6. The Morgan fingerprint density at radius 1 is 0.912 bits per heavy atom. The average molecular weight is 806 g/mol. The maximum Gasteiger partial charge on any atom is 0.245 e. The lowest BCUT2D eigenvalue weighted by Crippen LogP contribution is -2.58. The molecule has 0 aromatic rings. The van der Waals surface area contributed by atoms with Crippen molar-refractivity contribution < 1.29 is 62.8 Å². The maximum atomic E-state index is 13.6. The average Bonchev–Trinajstić information content (AvgIpc) is 3.77. The molecule has 0 saturated carbocycles. The molecule has 7 aliphatic heterocycles. The van der Waals surface area contributed by atoms with Crippen LogP contribution >= 0.6 is 0 Å². The number of methoxy groups -OCH3 is 1. The summed E-state index contributed by atoms with van der Waals surface area (Å²) in [5.41, 5.74) is 2.28. The summed E-state index contributed by atoms with van der Waals surface area (Å²) in [6.45, 7) is 14.1. The fourth-order valence-corrected chi connectivity index (χ4v) is 10.7. The molecule has 0 aromatic heterocycles. The lowest BCUT2D eigenvalue weighted by atomic mass is 9.85. The molecule has 7 saturated heterocycles. The number of rotatable bonds is 16. The zero-order chi connectivity index (χ0) is 40.6. The van der Waals surface area contributed by atoms with Gasteiger partial charge in [0.15, 0.2) is 5.79 Å². The SMILES string of the molecule is C=C1C[C@H](CCC23CC(O)[C@H](O2)[C@@H]2C[C@@H](O3)[C@@H]3O[C@@H](CC(=O)C[C@@H]4[C@H](OC)[C@@H](C[C@H](O)CNC(=O)CO)O[C@H]4C)CC[C@@H]3O2)O[C@H]1CC[C@H]1C[C@H](C)C(=C)[C@@H](C)O1. The summed E-state index contributed by atoms with van der Waals surface area (Å²) in [6.07, 6.45) is 3.37. The van der Waals surface area contributed by atoms with E-state index in [2.05, 4.69) is 32.3 Å². The Labute approximate surface area is 337 Å². The molecule has 0 spiro atoms. The number of fused-ring (bicyclic) bond motifs is 7. The van der Waals surface area contributed by atoms with Crippen LogP contribution < -0.4 is 5.32 Å². The molecule has 57 heavy (non-hydrogen) atoms. The van der Waals surface area contributed by atoms with E-state index in [9.17, 15) is 19.8 Å². The van der Waals surface area contributed by atoms with Gasteiger partial charge >= 0.3 is 0 Å². The zero-order valence-corrected chi connectivity index (χ0v) is 34.3. The van der Waals surface area contributed by atoms with Crippen LogP contribution in [0.5, 0.6) is 0 Å². The van der Waals surface area contributed by atoms with Crippen molar-refractivity contribution in [2.45, 2.75) is 202 Å². The van der Waals surface area contributed by atoms with Crippen molar-refractivity contribution in [1.82, 2.24) is 5.32 Å². The summed E-state index contributed by atoms with van der Waals surface area (Å²) in [5.74, 6) is -1.25. The molecule has 0 aliphatic carbocycles. The number of ketones is 1. The third-order valence-electron chi connectivity index (χ3n) is 13.9. The Morgan fingerprint density at radius 3 is 2.47 bits per heavy atom. The molecule has 7 rings (SSSR count). The molecule has 7 heterocycles. The van der Waals surface area contributed by atoms with Crippen LogP contribution in [0.4, 0.5) is 0 Å². The topological polar surface area (TPSA) is 181 Å². The number of ether oxygens (including phenoxy) is 8. The quantitative estimate of drug-likeness (QED) is 0.167. The van der Waals surface area contributed by atoms with Gasteiger partial charge in [0.05, 0.1) is 79.4 Å². The van der Waals surface area contributed by atoms with Gasteiger partial charge in [-0.05, 0) is 75.9 Å². The first kappa shape index (κ1) is 43.3. The van der Waals surface area contributed by atoms with Gasteiger partial charge in [-0.3, -0.25) is 9.59 Å². The van der Waals surface area contributed by atoms with E-state index in [1.54, 1.807) is 7.11 Å². The number of aliphatic hydroxyl groups is 3. The molecule has 14 nitrogen and oxygen atoms in total. The minimum Gasteiger partial charge on any atom is -0.391 e. The summed E-state index contributed by atoms with van der Waals surface area (Å²) in [7, 11) is 1.58. The first-order valence-corrected chi connectivity index (χ1v) is 21.5. The summed E-state index contributed by atoms with van der Waals surface area (Å²) < 4.78 is 51.4. The van der Waals surface area contributed by atoms with E-state index in [-0.39, 0.29) is 98.5 Å². The molecule has 0 aromatic carbocycles. The summed E-state index contributed by atoms with van der Waals surface area (Å²) in [4.78, 5) is 25.0. The fourth-order valence-electron chi connectivity index (χ4n) is 10.7. The number of carbonyl (C=O) groups excluding carboxylic acids is 2. The highest BCUT2D eigenvalue weighted by molar-refractivity contribution is 5.79. The first-order chi connectivity index (χ1) is 27.2. The molecule has 4 N–H and O–H groups in total. The Kier molecular flexibility index (Phi) is 14.0. The largest absolute Gasteiger partial charge is 0.391 e. The van der Waals surface area contributed by atoms with E-state index >= 15 is 0 Å². The molecule has 18 atom stereocenters. The van der Waals surface area contributed by atoms with Crippen molar-refractivity contribution in [3.63, 3.8) is 0 Å². The minimum absolute atomic E-state index is 0.00840. The van der Waals surface area contributed by atoms with E-state index in [1.807, 2.05) is 6.92 Å². The van der Waals surface area contributed by atoms with Crippen molar-refractivity contribution >= 4 is 11.7 Å². The molecule has 7 aliphatic rings.